The Morgan fingerprint density at radius 3 is 2.67 bits per heavy atom. The minimum absolute atomic E-state index is 0.120. The number of amides is 1. The summed E-state index contributed by atoms with van der Waals surface area (Å²) in [5.74, 6) is -0.120. The van der Waals surface area contributed by atoms with E-state index in [1.165, 1.54) is 0 Å². The van der Waals surface area contributed by atoms with E-state index >= 15 is 0 Å². The lowest BCUT2D eigenvalue weighted by atomic mass is 10.2. The minimum Gasteiger partial charge on any atom is -0.361 e. The number of rotatable bonds is 1. The second-order valence-corrected chi connectivity index (χ2v) is 2.04. The highest BCUT2D eigenvalue weighted by atomic mass is 16.3. The summed E-state index contributed by atoms with van der Waals surface area (Å²) >= 11 is 0. The van der Waals surface area contributed by atoms with Gasteiger partial charge in [0, 0.05) is 0 Å². The fourth-order valence-electron chi connectivity index (χ4n) is 0.847. The van der Waals surface area contributed by atoms with E-state index in [0.717, 1.165) is 0 Å². The molecule has 3 N–H and O–H groups in total. The molecule has 0 aromatic rings. The lowest BCUT2D eigenvalue weighted by Gasteiger charge is -2.01. The monoisotopic (exact) mass is 130 g/mol. The molecule has 52 valence electrons. The van der Waals surface area contributed by atoms with Gasteiger partial charge in [0.15, 0.2) is 6.35 Å². The average Bonchev–Trinajstić information content (AvgIpc) is 2.10. The summed E-state index contributed by atoms with van der Waals surface area (Å²) in [7, 11) is 0. The van der Waals surface area contributed by atoms with Gasteiger partial charge in [0.25, 0.3) is 0 Å². The number of aliphatic hydroxyl groups is 1. The second-order valence-electron chi connectivity index (χ2n) is 2.04. The fourth-order valence-corrected chi connectivity index (χ4v) is 0.847. The summed E-state index contributed by atoms with van der Waals surface area (Å²) in [6, 6.07) is -0.208. The third-order valence-electron chi connectivity index (χ3n) is 1.36. The van der Waals surface area contributed by atoms with Crippen molar-refractivity contribution in [1.82, 2.24) is 10.6 Å². The molecule has 0 spiro atoms. The first kappa shape index (κ1) is 6.51. The Bertz CT molecular complexity index is 126. The summed E-state index contributed by atoms with van der Waals surface area (Å²) in [4.78, 5) is 10.7. The Hall–Kier alpha value is -0.610. The zero-order valence-electron chi connectivity index (χ0n) is 5.22. The SMILES string of the molecule is CCC1NC(O)NC1=O. The molecule has 1 saturated heterocycles. The molecule has 1 rings (SSSR count). The molecule has 1 heterocycles. The summed E-state index contributed by atoms with van der Waals surface area (Å²) < 4.78 is 0. The first-order chi connectivity index (χ1) is 4.24. The Balaban J connectivity index is 2.48. The van der Waals surface area contributed by atoms with Crippen LogP contribution in [-0.2, 0) is 4.79 Å². The number of hydrogen-bond acceptors (Lipinski definition) is 3. The van der Waals surface area contributed by atoms with Crippen LogP contribution in [0.3, 0.4) is 0 Å². The fraction of sp³-hybridized carbons (Fsp3) is 0.800. The quantitative estimate of drug-likeness (QED) is 0.416. The number of aliphatic hydroxyl groups excluding tert-OH is 1. The largest absolute Gasteiger partial charge is 0.361 e. The molecule has 1 aliphatic heterocycles. The smallest absolute Gasteiger partial charge is 0.240 e. The molecule has 1 aliphatic rings. The van der Waals surface area contributed by atoms with Crippen LogP contribution in [0.2, 0.25) is 0 Å². The molecular weight excluding hydrogens is 120 g/mol. The Morgan fingerprint density at radius 1 is 1.78 bits per heavy atom. The zero-order chi connectivity index (χ0) is 6.85. The molecule has 4 nitrogen and oxygen atoms in total. The predicted molar refractivity (Wildman–Crippen MR) is 31.4 cm³/mol. The lowest BCUT2D eigenvalue weighted by Crippen LogP contribution is -2.32. The molecule has 1 fully saturated rings. The summed E-state index contributed by atoms with van der Waals surface area (Å²) in [6.45, 7) is 1.88. The van der Waals surface area contributed by atoms with Gasteiger partial charge in [-0.05, 0) is 6.42 Å². The van der Waals surface area contributed by atoms with E-state index in [2.05, 4.69) is 10.6 Å². The number of carbonyl (C=O) groups excluding carboxylic acids is 1. The Morgan fingerprint density at radius 2 is 2.44 bits per heavy atom. The van der Waals surface area contributed by atoms with E-state index < -0.39 is 6.35 Å². The van der Waals surface area contributed by atoms with E-state index in [1.54, 1.807) is 0 Å². The highest BCUT2D eigenvalue weighted by molar-refractivity contribution is 5.83. The average molecular weight is 130 g/mol. The Kier molecular flexibility index (Phi) is 1.68. The van der Waals surface area contributed by atoms with Crippen LogP contribution in [0, 0.1) is 0 Å². The van der Waals surface area contributed by atoms with E-state index in [9.17, 15) is 4.79 Å². The van der Waals surface area contributed by atoms with Gasteiger partial charge in [-0.25, -0.2) is 0 Å². The lowest BCUT2D eigenvalue weighted by molar-refractivity contribution is -0.121. The molecule has 0 aromatic heterocycles. The molecule has 2 unspecified atom stereocenters. The Labute approximate surface area is 53.2 Å². The molecule has 9 heavy (non-hydrogen) atoms. The van der Waals surface area contributed by atoms with Gasteiger partial charge in [-0.3, -0.25) is 10.1 Å². The summed E-state index contributed by atoms with van der Waals surface area (Å²) in [5, 5.41) is 13.7. The molecule has 0 bridgehead atoms. The van der Waals surface area contributed by atoms with Crippen LogP contribution < -0.4 is 10.6 Å². The van der Waals surface area contributed by atoms with Gasteiger partial charge in [-0.1, -0.05) is 6.92 Å². The predicted octanol–water partition coefficient (Wildman–Crippen LogP) is -1.24. The van der Waals surface area contributed by atoms with Crippen molar-refractivity contribution in [2.24, 2.45) is 0 Å². The second kappa shape index (κ2) is 2.33. The zero-order valence-corrected chi connectivity index (χ0v) is 5.22. The van der Waals surface area contributed by atoms with Gasteiger partial charge in [0.1, 0.15) is 0 Å². The van der Waals surface area contributed by atoms with E-state index in [0.29, 0.717) is 6.42 Å². The van der Waals surface area contributed by atoms with Gasteiger partial charge in [0.2, 0.25) is 5.91 Å². The van der Waals surface area contributed by atoms with E-state index in [1.807, 2.05) is 6.92 Å². The van der Waals surface area contributed by atoms with Gasteiger partial charge in [0.05, 0.1) is 6.04 Å². The van der Waals surface area contributed by atoms with E-state index in [4.69, 9.17) is 5.11 Å². The van der Waals surface area contributed by atoms with Gasteiger partial charge in [-0.2, -0.15) is 0 Å². The van der Waals surface area contributed by atoms with Crippen molar-refractivity contribution in [3.8, 4) is 0 Å². The van der Waals surface area contributed by atoms with E-state index in [-0.39, 0.29) is 11.9 Å². The molecular formula is C5H10N2O2. The van der Waals surface area contributed by atoms with Crippen LogP contribution >= 0.6 is 0 Å². The van der Waals surface area contributed by atoms with Crippen molar-refractivity contribution in [2.45, 2.75) is 25.7 Å². The molecule has 2 atom stereocenters. The van der Waals surface area contributed by atoms with Crippen molar-refractivity contribution in [3.05, 3.63) is 0 Å². The maximum absolute atomic E-state index is 10.7. The van der Waals surface area contributed by atoms with Crippen molar-refractivity contribution in [3.63, 3.8) is 0 Å². The topological polar surface area (TPSA) is 61.4 Å². The van der Waals surface area contributed by atoms with Crippen LogP contribution in [0.25, 0.3) is 0 Å². The minimum atomic E-state index is -0.845. The molecule has 0 saturated carbocycles. The number of carbonyl (C=O) groups is 1. The first-order valence-electron chi connectivity index (χ1n) is 2.98. The van der Waals surface area contributed by atoms with Gasteiger partial charge >= 0.3 is 0 Å². The van der Waals surface area contributed by atoms with Crippen LogP contribution in [0.4, 0.5) is 0 Å². The van der Waals surface area contributed by atoms with Crippen molar-refractivity contribution in [1.29, 1.82) is 0 Å². The maximum Gasteiger partial charge on any atom is 0.240 e. The van der Waals surface area contributed by atoms with Crippen molar-refractivity contribution < 1.29 is 9.90 Å². The molecule has 0 aromatic carbocycles. The summed E-state index contributed by atoms with van der Waals surface area (Å²) in [6.07, 6.45) is -0.134. The van der Waals surface area contributed by atoms with Crippen molar-refractivity contribution in [2.75, 3.05) is 0 Å². The molecule has 0 aliphatic carbocycles. The third kappa shape index (κ3) is 1.20. The normalized spacial score (nSPS) is 34.7. The van der Waals surface area contributed by atoms with Crippen LogP contribution in [-0.4, -0.2) is 23.4 Å². The van der Waals surface area contributed by atoms with Gasteiger partial charge < -0.3 is 10.4 Å². The van der Waals surface area contributed by atoms with Crippen LogP contribution in [0.1, 0.15) is 13.3 Å². The highest BCUT2D eigenvalue weighted by Gasteiger charge is 2.27. The third-order valence-corrected chi connectivity index (χ3v) is 1.36. The van der Waals surface area contributed by atoms with Crippen LogP contribution in [0.5, 0.6) is 0 Å². The van der Waals surface area contributed by atoms with Crippen molar-refractivity contribution >= 4 is 5.91 Å². The first-order valence-corrected chi connectivity index (χ1v) is 2.98. The summed E-state index contributed by atoms with van der Waals surface area (Å²) in [5.41, 5.74) is 0. The molecule has 1 amide bonds. The molecule has 0 radical (unpaired) electrons. The highest BCUT2D eigenvalue weighted by Crippen LogP contribution is 1.97. The standard InChI is InChI=1S/C5H10N2O2/c1-2-3-4(8)7-5(9)6-3/h3,5-6,9H,2H2,1H3,(H,7,8). The number of hydrogen-bond donors (Lipinski definition) is 3. The van der Waals surface area contributed by atoms with Gasteiger partial charge in [-0.15, -0.1) is 0 Å². The maximum atomic E-state index is 10.7. The molecule has 4 heteroatoms. The number of nitrogens with one attached hydrogen (secondary N) is 2. The van der Waals surface area contributed by atoms with Crippen LogP contribution in [0.15, 0.2) is 0 Å².